The molecule has 0 bridgehead atoms. The summed E-state index contributed by atoms with van der Waals surface area (Å²) in [5.74, 6) is 0.516. The zero-order valence-electron chi connectivity index (χ0n) is 14.6. The summed E-state index contributed by atoms with van der Waals surface area (Å²) >= 11 is 0. The molecule has 0 saturated carbocycles. The highest BCUT2D eigenvalue weighted by molar-refractivity contribution is 5.79. The van der Waals surface area contributed by atoms with E-state index in [1.165, 1.54) is 0 Å². The third-order valence-electron chi connectivity index (χ3n) is 3.86. The third-order valence-corrected chi connectivity index (χ3v) is 3.86. The van der Waals surface area contributed by atoms with E-state index in [-0.39, 0.29) is 11.7 Å². The van der Waals surface area contributed by atoms with Gasteiger partial charge in [0.2, 0.25) is 0 Å². The molecule has 0 heterocycles. The minimum atomic E-state index is -0.245. The maximum Gasteiger partial charge on any atom is 0.311 e. The second-order valence-corrected chi connectivity index (χ2v) is 5.88. The van der Waals surface area contributed by atoms with Gasteiger partial charge >= 0.3 is 5.97 Å². The summed E-state index contributed by atoms with van der Waals surface area (Å²) < 4.78 is 5.56. The number of hydrogen-bond acceptors (Lipinski definition) is 3. The SMILES string of the molecule is C=CCc1ccc(OC(=O)CCC)c(-c2ccc(O)c(CC=C)c2)c1. The van der Waals surface area contributed by atoms with E-state index < -0.39 is 0 Å². The first kappa shape index (κ1) is 18.5. The van der Waals surface area contributed by atoms with Crippen LogP contribution in [0.2, 0.25) is 0 Å². The molecule has 0 aliphatic carbocycles. The Labute approximate surface area is 149 Å². The number of hydrogen-bond donors (Lipinski definition) is 1. The van der Waals surface area contributed by atoms with Crippen LogP contribution in [-0.2, 0) is 17.6 Å². The van der Waals surface area contributed by atoms with E-state index in [0.717, 1.165) is 35.1 Å². The van der Waals surface area contributed by atoms with Gasteiger partial charge in [0.1, 0.15) is 11.5 Å². The molecule has 3 nitrogen and oxygen atoms in total. The molecule has 0 saturated heterocycles. The van der Waals surface area contributed by atoms with Gasteiger partial charge in [-0.2, -0.15) is 0 Å². The van der Waals surface area contributed by atoms with Crippen molar-refractivity contribution in [3.63, 3.8) is 0 Å². The minimum Gasteiger partial charge on any atom is -0.508 e. The number of carbonyl (C=O) groups is 1. The van der Waals surface area contributed by atoms with Gasteiger partial charge in [-0.1, -0.05) is 31.2 Å². The van der Waals surface area contributed by atoms with Gasteiger partial charge in [-0.15, -0.1) is 13.2 Å². The van der Waals surface area contributed by atoms with Crippen molar-refractivity contribution >= 4 is 5.97 Å². The normalized spacial score (nSPS) is 10.3. The largest absolute Gasteiger partial charge is 0.508 e. The van der Waals surface area contributed by atoms with Crippen molar-refractivity contribution in [1.82, 2.24) is 0 Å². The second kappa shape index (κ2) is 8.88. The lowest BCUT2D eigenvalue weighted by molar-refractivity contribution is -0.134. The maximum absolute atomic E-state index is 11.9. The predicted molar refractivity (Wildman–Crippen MR) is 102 cm³/mol. The topological polar surface area (TPSA) is 46.5 Å². The monoisotopic (exact) mass is 336 g/mol. The molecule has 2 aromatic rings. The van der Waals surface area contributed by atoms with E-state index in [4.69, 9.17) is 4.74 Å². The first-order valence-electron chi connectivity index (χ1n) is 8.46. The van der Waals surface area contributed by atoms with Crippen molar-refractivity contribution in [3.8, 4) is 22.6 Å². The van der Waals surface area contributed by atoms with Gasteiger partial charge in [-0.3, -0.25) is 4.79 Å². The Hall–Kier alpha value is -2.81. The standard InChI is InChI=1S/C22H24O3/c1-4-7-16-10-13-21(25-22(24)9-6-3)19(14-16)17-11-12-20(23)18(15-17)8-5-2/h4-5,10-15,23H,1-2,6-9H2,3H3. The molecule has 0 radical (unpaired) electrons. The summed E-state index contributed by atoms with van der Waals surface area (Å²) in [4.78, 5) is 11.9. The Morgan fingerprint density at radius 1 is 1.12 bits per heavy atom. The van der Waals surface area contributed by atoms with Crippen LogP contribution in [0.25, 0.3) is 11.1 Å². The molecule has 0 aromatic heterocycles. The summed E-state index contributed by atoms with van der Waals surface area (Å²) in [7, 11) is 0. The van der Waals surface area contributed by atoms with E-state index in [2.05, 4.69) is 13.2 Å². The number of aromatic hydroxyl groups is 1. The fourth-order valence-corrected chi connectivity index (χ4v) is 2.64. The molecule has 0 unspecified atom stereocenters. The Morgan fingerprint density at radius 3 is 2.56 bits per heavy atom. The maximum atomic E-state index is 11.9. The highest BCUT2D eigenvalue weighted by atomic mass is 16.5. The van der Waals surface area contributed by atoms with E-state index >= 15 is 0 Å². The molecule has 0 atom stereocenters. The molecule has 0 aliphatic heterocycles. The quantitative estimate of drug-likeness (QED) is 0.408. The van der Waals surface area contributed by atoms with E-state index in [9.17, 15) is 9.90 Å². The molecule has 130 valence electrons. The van der Waals surface area contributed by atoms with Crippen LogP contribution in [0.5, 0.6) is 11.5 Å². The zero-order valence-corrected chi connectivity index (χ0v) is 14.6. The van der Waals surface area contributed by atoms with Gasteiger partial charge < -0.3 is 9.84 Å². The van der Waals surface area contributed by atoms with Gasteiger partial charge in [0, 0.05) is 12.0 Å². The summed E-state index contributed by atoms with van der Waals surface area (Å²) in [5, 5.41) is 9.99. The van der Waals surface area contributed by atoms with E-state index in [1.807, 2.05) is 43.3 Å². The fourth-order valence-electron chi connectivity index (χ4n) is 2.64. The van der Waals surface area contributed by atoms with E-state index in [0.29, 0.717) is 18.6 Å². The molecule has 0 fully saturated rings. The molecule has 0 spiro atoms. The third kappa shape index (κ3) is 4.83. The van der Waals surface area contributed by atoms with Crippen LogP contribution in [0, 0.1) is 0 Å². The first-order chi connectivity index (χ1) is 12.1. The summed E-state index contributed by atoms with van der Waals surface area (Å²) in [6.07, 6.45) is 6.00. The number of allylic oxidation sites excluding steroid dienone is 2. The van der Waals surface area contributed by atoms with Crippen molar-refractivity contribution in [2.24, 2.45) is 0 Å². The number of esters is 1. The molecule has 2 aromatic carbocycles. The van der Waals surface area contributed by atoms with Crippen LogP contribution in [0.1, 0.15) is 30.9 Å². The summed E-state index contributed by atoms with van der Waals surface area (Å²) in [6, 6.07) is 11.1. The number of rotatable bonds is 8. The number of benzene rings is 2. The molecule has 25 heavy (non-hydrogen) atoms. The first-order valence-corrected chi connectivity index (χ1v) is 8.46. The fraction of sp³-hybridized carbons (Fsp3) is 0.227. The predicted octanol–water partition coefficient (Wildman–Crippen LogP) is 5.22. The van der Waals surface area contributed by atoms with Crippen LogP contribution in [0.15, 0.2) is 61.7 Å². The van der Waals surface area contributed by atoms with Gasteiger partial charge in [0.15, 0.2) is 0 Å². The smallest absolute Gasteiger partial charge is 0.311 e. The Balaban J connectivity index is 2.50. The number of phenols is 1. The molecule has 0 aliphatic rings. The number of ether oxygens (including phenoxy) is 1. The summed E-state index contributed by atoms with van der Waals surface area (Å²) in [5.41, 5.74) is 3.58. The summed E-state index contributed by atoms with van der Waals surface area (Å²) in [6.45, 7) is 9.44. The van der Waals surface area contributed by atoms with Crippen molar-refractivity contribution in [2.75, 3.05) is 0 Å². The van der Waals surface area contributed by atoms with Crippen LogP contribution < -0.4 is 4.74 Å². The highest BCUT2D eigenvalue weighted by Crippen LogP contribution is 2.34. The van der Waals surface area contributed by atoms with Crippen LogP contribution in [-0.4, -0.2) is 11.1 Å². The van der Waals surface area contributed by atoms with Crippen molar-refractivity contribution < 1.29 is 14.6 Å². The van der Waals surface area contributed by atoms with Crippen LogP contribution in [0.4, 0.5) is 0 Å². The molecular weight excluding hydrogens is 312 g/mol. The number of carbonyl (C=O) groups excluding carboxylic acids is 1. The Bertz CT molecular complexity index is 775. The lowest BCUT2D eigenvalue weighted by Crippen LogP contribution is -2.08. The Morgan fingerprint density at radius 2 is 1.88 bits per heavy atom. The second-order valence-electron chi connectivity index (χ2n) is 5.88. The van der Waals surface area contributed by atoms with Crippen molar-refractivity contribution in [1.29, 1.82) is 0 Å². The van der Waals surface area contributed by atoms with Crippen LogP contribution >= 0.6 is 0 Å². The average Bonchev–Trinajstić information content (AvgIpc) is 2.59. The molecule has 0 amide bonds. The lowest BCUT2D eigenvalue weighted by atomic mass is 9.97. The molecule has 1 N–H and O–H groups in total. The van der Waals surface area contributed by atoms with Gasteiger partial charge in [-0.25, -0.2) is 0 Å². The molecule has 3 heteroatoms. The number of phenolic OH excluding ortho intramolecular Hbond substituents is 1. The van der Waals surface area contributed by atoms with Gasteiger partial charge in [0.05, 0.1) is 0 Å². The van der Waals surface area contributed by atoms with Gasteiger partial charge in [-0.05, 0) is 60.2 Å². The van der Waals surface area contributed by atoms with Crippen molar-refractivity contribution in [3.05, 3.63) is 72.8 Å². The zero-order chi connectivity index (χ0) is 18.2. The van der Waals surface area contributed by atoms with E-state index in [1.54, 1.807) is 12.1 Å². The lowest BCUT2D eigenvalue weighted by Gasteiger charge is -2.13. The molecule has 2 rings (SSSR count). The highest BCUT2D eigenvalue weighted by Gasteiger charge is 2.13. The Kier molecular flexibility index (Phi) is 6.58. The van der Waals surface area contributed by atoms with Crippen molar-refractivity contribution in [2.45, 2.75) is 32.6 Å². The molecular formula is C22H24O3. The van der Waals surface area contributed by atoms with Gasteiger partial charge in [0.25, 0.3) is 0 Å². The minimum absolute atomic E-state index is 0.232. The van der Waals surface area contributed by atoms with Crippen LogP contribution in [0.3, 0.4) is 0 Å². The average molecular weight is 336 g/mol.